The van der Waals surface area contributed by atoms with Gasteiger partial charge < -0.3 is 5.32 Å². The molecule has 0 radical (unpaired) electrons. The van der Waals surface area contributed by atoms with Crippen molar-refractivity contribution in [2.24, 2.45) is 11.8 Å². The van der Waals surface area contributed by atoms with Crippen molar-refractivity contribution in [3.8, 4) is 0 Å². The standard InChI is InChI=1S/C19H24N4O/c24-19(22-17-6-3-5-15(10-17)14-8-9-14)18-7-2-1-4-16(18)11-23-13-20-12-21-23/h1-2,4,7,12-15,17H,3,5-6,8-11H2,(H,22,24)/t15-,17-/m1/s1. The van der Waals surface area contributed by atoms with Crippen molar-refractivity contribution in [3.05, 3.63) is 48.0 Å². The van der Waals surface area contributed by atoms with Gasteiger partial charge in [-0.1, -0.05) is 31.0 Å². The third-order valence-electron chi connectivity index (χ3n) is 5.40. The van der Waals surface area contributed by atoms with E-state index in [4.69, 9.17) is 0 Å². The van der Waals surface area contributed by atoms with E-state index >= 15 is 0 Å². The van der Waals surface area contributed by atoms with Crippen LogP contribution in [0.4, 0.5) is 0 Å². The van der Waals surface area contributed by atoms with Gasteiger partial charge in [0.25, 0.3) is 5.91 Å². The molecule has 1 amide bonds. The van der Waals surface area contributed by atoms with E-state index < -0.39 is 0 Å². The van der Waals surface area contributed by atoms with E-state index in [1.54, 1.807) is 11.0 Å². The van der Waals surface area contributed by atoms with Crippen molar-refractivity contribution < 1.29 is 4.79 Å². The molecule has 5 heteroatoms. The number of hydrogen-bond donors (Lipinski definition) is 1. The smallest absolute Gasteiger partial charge is 0.251 e. The van der Waals surface area contributed by atoms with Crippen molar-refractivity contribution in [3.63, 3.8) is 0 Å². The van der Waals surface area contributed by atoms with Crippen LogP contribution >= 0.6 is 0 Å². The highest BCUT2D eigenvalue weighted by Crippen LogP contribution is 2.43. The molecule has 1 heterocycles. The first-order valence-electron chi connectivity index (χ1n) is 9.01. The number of benzene rings is 1. The number of hydrogen-bond acceptors (Lipinski definition) is 3. The predicted molar refractivity (Wildman–Crippen MR) is 91.5 cm³/mol. The Morgan fingerprint density at radius 3 is 2.83 bits per heavy atom. The fraction of sp³-hybridized carbons (Fsp3) is 0.526. The van der Waals surface area contributed by atoms with Crippen molar-refractivity contribution in [2.45, 2.75) is 51.1 Å². The third kappa shape index (κ3) is 3.50. The lowest BCUT2D eigenvalue weighted by molar-refractivity contribution is 0.0916. The van der Waals surface area contributed by atoms with E-state index in [2.05, 4.69) is 15.4 Å². The molecule has 1 aromatic heterocycles. The van der Waals surface area contributed by atoms with Gasteiger partial charge in [-0.2, -0.15) is 5.10 Å². The molecule has 2 fully saturated rings. The van der Waals surface area contributed by atoms with Crippen LogP contribution < -0.4 is 5.32 Å². The largest absolute Gasteiger partial charge is 0.349 e. The van der Waals surface area contributed by atoms with Gasteiger partial charge in [-0.15, -0.1) is 0 Å². The fourth-order valence-electron chi connectivity index (χ4n) is 3.99. The van der Waals surface area contributed by atoms with Crippen LogP contribution in [-0.2, 0) is 6.54 Å². The van der Waals surface area contributed by atoms with Crippen LogP contribution in [0.15, 0.2) is 36.9 Å². The molecule has 126 valence electrons. The quantitative estimate of drug-likeness (QED) is 0.919. The molecule has 0 saturated heterocycles. The monoisotopic (exact) mass is 324 g/mol. The average Bonchev–Trinajstić information content (AvgIpc) is 3.34. The lowest BCUT2D eigenvalue weighted by Crippen LogP contribution is -2.39. The van der Waals surface area contributed by atoms with Crippen molar-refractivity contribution in [1.82, 2.24) is 20.1 Å². The minimum atomic E-state index is 0.0483. The molecule has 5 nitrogen and oxygen atoms in total. The molecule has 0 aliphatic heterocycles. The molecular weight excluding hydrogens is 300 g/mol. The second-order valence-electron chi connectivity index (χ2n) is 7.18. The zero-order chi connectivity index (χ0) is 16.4. The van der Waals surface area contributed by atoms with Gasteiger partial charge in [-0.3, -0.25) is 4.79 Å². The zero-order valence-electron chi connectivity index (χ0n) is 13.9. The van der Waals surface area contributed by atoms with E-state index in [-0.39, 0.29) is 5.91 Å². The molecule has 1 aromatic carbocycles. The highest BCUT2D eigenvalue weighted by molar-refractivity contribution is 5.95. The lowest BCUT2D eigenvalue weighted by atomic mass is 9.82. The van der Waals surface area contributed by atoms with Crippen LogP contribution in [0.5, 0.6) is 0 Å². The highest BCUT2D eigenvalue weighted by atomic mass is 16.1. The Labute approximate surface area is 142 Å². The number of aromatic nitrogens is 3. The van der Waals surface area contributed by atoms with E-state index in [1.165, 1.54) is 32.0 Å². The second-order valence-corrected chi connectivity index (χ2v) is 7.18. The number of carbonyl (C=O) groups excluding carboxylic acids is 1. The first-order chi connectivity index (χ1) is 11.8. The Kier molecular flexibility index (Phi) is 4.32. The number of nitrogens with zero attached hydrogens (tertiary/aromatic N) is 3. The average molecular weight is 324 g/mol. The van der Waals surface area contributed by atoms with Gasteiger partial charge in [0.2, 0.25) is 0 Å². The van der Waals surface area contributed by atoms with E-state index in [0.717, 1.165) is 35.8 Å². The first-order valence-corrected chi connectivity index (χ1v) is 9.01. The summed E-state index contributed by atoms with van der Waals surface area (Å²) in [6.07, 6.45) is 10.8. The summed E-state index contributed by atoms with van der Waals surface area (Å²) in [4.78, 5) is 16.8. The first kappa shape index (κ1) is 15.4. The van der Waals surface area contributed by atoms with Crippen molar-refractivity contribution in [1.29, 1.82) is 0 Å². The maximum atomic E-state index is 12.8. The Hall–Kier alpha value is -2.17. The third-order valence-corrected chi connectivity index (χ3v) is 5.40. The highest BCUT2D eigenvalue weighted by Gasteiger charge is 2.35. The maximum Gasteiger partial charge on any atom is 0.251 e. The van der Waals surface area contributed by atoms with Crippen LogP contribution in [0, 0.1) is 11.8 Å². The lowest BCUT2D eigenvalue weighted by Gasteiger charge is -2.30. The fourth-order valence-corrected chi connectivity index (χ4v) is 3.99. The molecule has 2 aliphatic carbocycles. The van der Waals surface area contributed by atoms with Gasteiger partial charge in [0.05, 0.1) is 6.54 Å². The molecule has 24 heavy (non-hydrogen) atoms. The van der Waals surface area contributed by atoms with Crippen LogP contribution in [0.3, 0.4) is 0 Å². The molecule has 2 saturated carbocycles. The minimum absolute atomic E-state index is 0.0483. The number of nitrogens with one attached hydrogen (secondary N) is 1. The predicted octanol–water partition coefficient (Wildman–Crippen LogP) is 3.03. The Morgan fingerprint density at radius 2 is 2.04 bits per heavy atom. The minimum Gasteiger partial charge on any atom is -0.349 e. The Morgan fingerprint density at radius 1 is 1.17 bits per heavy atom. The van der Waals surface area contributed by atoms with Gasteiger partial charge in [0.15, 0.2) is 0 Å². The summed E-state index contributed by atoms with van der Waals surface area (Å²) >= 11 is 0. The van der Waals surface area contributed by atoms with Crippen LogP contribution in [0.2, 0.25) is 0 Å². The number of rotatable bonds is 5. The summed E-state index contributed by atoms with van der Waals surface area (Å²) in [7, 11) is 0. The maximum absolute atomic E-state index is 12.8. The molecule has 4 rings (SSSR count). The van der Waals surface area contributed by atoms with Gasteiger partial charge in [-0.25, -0.2) is 9.67 Å². The summed E-state index contributed by atoms with van der Waals surface area (Å²) in [5, 5.41) is 7.42. The van der Waals surface area contributed by atoms with E-state index in [0.29, 0.717) is 12.6 Å². The molecule has 0 spiro atoms. The van der Waals surface area contributed by atoms with Crippen LogP contribution in [0.1, 0.15) is 54.4 Å². The number of amides is 1. The van der Waals surface area contributed by atoms with Crippen molar-refractivity contribution >= 4 is 5.91 Å². The van der Waals surface area contributed by atoms with Crippen LogP contribution in [-0.4, -0.2) is 26.7 Å². The van der Waals surface area contributed by atoms with E-state index in [1.807, 2.05) is 24.3 Å². The SMILES string of the molecule is O=C(N[C@@H]1CCC[C@@H](C2CC2)C1)c1ccccc1Cn1cncn1. The normalized spacial score (nSPS) is 23.8. The molecule has 1 N–H and O–H groups in total. The molecule has 0 bridgehead atoms. The van der Waals surface area contributed by atoms with Gasteiger partial charge >= 0.3 is 0 Å². The zero-order valence-corrected chi connectivity index (χ0v) is 13.9. The summed E-state index contributed by atoms with van der Waals surface area (Å²) in [5.41, 5.74) is 1.73. The molecular formula is C19H24N4O. The Bertz CT molecular complexity index is 693. The van der Waals surface area contributed by atoms with Crippen molar-refractivity contribution in [2.75, 3.05) is 0 Å². The second kappa shape index (κ2) is 6.75. The summed E-state index contributed by atoms with van der Waals surface area (Å²) < 4.78 is 1.75. The van der Waals surface area contributed by atoms with E-state index in [9.17, 15) is 4.79 Å². The number of carbonyl (C=O) groups is 1. The topological polar surface area (TPSA) is 59.8 Å². The van der Waals surface area contributed by atoms with Gasteiger partial charge in [-0.05, 0) is 49.1 Å². The van der Waals surface area contributed by atoms with Gasteiger partial charge in [0, 0.05) is 11.6 Å². The Balaban J connectivity index is 1.44. The summed E-state index contributed by atoms with van der Waals surface area (Å²) in [5.74, 6) is 1.81. The molecule has 2 aliphatic rings. The summed E-state index contributed by atoms with van der Waals surface area (Å²) in [6, 6.07) is 8.12. The molecule has 0 unspecified atom stereocenters. The summed E-state index contributed by atoms with van der Waals surface area (Å²) in [6.45, 7) is 0.568. The molecule has 2 aromatic rings. The van der Waals surface area contributed by atoms with Gasteiger partial charge in [0.1, 0.15) is 12.7 Å². The van der Waals surface area contributed by atoms with Crippen LogP contribution in [0.25, 0.3) is 0 Å². The molecule has 2 atom stereocenters.